The summed E-state index contributed by atoms with van der Waals surface area (Å²) in [5, 5.41) is 2.69. The van der Waals surface area contributed by atoms with E-state index in [0.29, 0.717) is 12.1 Å². The number of benzene rings is 1. The van der Waals surface area contributed by atoms with Gasteiger partial charge in [-0.2, -0.15) is 13.2 Å². The fourth-order valence-electron chi connectivity index (χ4n) is 2.68. The van der Waals surface area contributed by atoms with Crippen LogP contribution < -0.4 is 5.32 Å². The van der Waals surface area contributed by atoms with Crippen LogP contribution in [0.1, 0.15) is 43.2 Å². The summed E-state index contributed by atoms with van der Waals surface area (Å²) in [4.78, 5) is 23.2. The normalized spacial score (nSPS) is 14.7. The molecular formula is C20H22F3NO3. The number of allylic oxidation sites excluding steroid dienone is 1. The van der Waals surface area contributed by atoms with Gasteiger partial charge in [0.1, 0.15) is 0 Å². The summed E-state index contributed by atoms with van der Waals surface area (Å²) >= 11 is 0. The quantitative estimate of drug-likeness (QED) is 0.436. The Hall–Kier alpha value is -2.57. The van der Waals surface area contributed by atoms with Gasteiger partial charge in [0.05, 0.1) is 5.56 Å². The van der Waals surface area contributed by atoms with Gasteiger partial charge < -0.3 is 10.1 Å². The molecule has 0 saturated carbocycles. The fraction of sp³-hybridized carbons (Fsp3) is 0.400. The number of esters is 1. The molecule has 0 saturated heterocycles. The molecular weight excluding hydrogens is 359 g/mol. The standard InChI is InChI=1S/C20H22F3NO3/c21-20(22,23)17-9-6-16(7-10-17)8-11-19(26)27-14-18(25)24-13-12-15-4-2-1-3-5-15/h4,6-11H,1-3,5,12-14H2,(H,24,25)/b11-8+. The second-order valence-electron chi connectivity index (χ2n) is 6.27. The molecule has 0 radical (unpaired) electrons. The summed E-state index contributed by atoms with van der Waals surface area (Å²) in [5.41, 5.74) is 1.01. The largest absolute Gasteiger partial charge is 0.452 e. The Kier molecular flexibility index (Phi) is 7.64. The molecule has 0 fully saturated rings. The van der Waals surface area contributed by atoms with Crippen LogP contribution in [0.3, 0.4) is 0 Å². The van der Waals surface area contributed by atoms with Crippen LogP contribution in [0.25, 0.3) is 6.08 Å². The van der Waals surface area contributed by atoms with Crippen LogP contribution in [0.15, 0.2) is 42.0 Å². The van der Waals surface area contributed by atoms with E-state index < -0.39 is 24.3 Å². The van der Waals surface area contributed by atoms with Crippen molar-refractivity contribution in [3.8, 4) is 0 Å². The van der Waals surface area contributed by atoms with Gasteiger partial charge in [0.15, 0.2) is 6.61 Å². The first-order valence-corrected chi connectivity index (χ1v) is 8.81. The zero-order chi connectivity index (χ0) is 19.7. The highest BCUT2D eigenvalue weighted by atomic mass is 19.4. The van der Waals surface area contributed by atoms with Gasteiger partial charge in [0, 0.05) is 12.6 Å². The van der Waals surface area contributed by atoms with E-state index in [-0.39, 0.29) is 5.91 Å². The fourth-order valence-corrected chi connectivity index (χ4v) is 2.68. The van der Waals surface area contributed by atoms with Crippen LogP contribution in [0.5, 0.6) is 0 Å². The van der Waals surface area contributed by atoms with Crippen LogP contribution in [0.2, 0.25) is 0 Å². The van der Waals surface area contributed by atoms with Gasteiger partial charge in [0.25, 0.3) is 5.91 Å². The number of rotatable bonds is 7. The van der Waals surface area contributed by atoms with Gasteiger partial charge in [-0.3, -0.25) is 4.79 Å². The van der Waals surface area contributed by atoms with E-state index in [1.54, 1.807) is 0 Å². The molecule has 27 heavy (non-hydrogen) atoms. The average Bonchev–Trinajstić information content (AvgIpc) is 2.65. The molecule has 7 heteroatoms. The number of carbonyl (C=O) groups excluding carboxylic acids is 2. The van der Waals surface area contributed by atoms with Crippen LogP contribution in [-0.2, 0) is 20.5 Å². The smallest absolute Gasteiger partial charge is 0.416 e. The second-order valence-corrected chi connectivity index (χ2v) is 6.27. The zero-order valence-electron chi connectivity index (χ0n) is 14.8. The zero-order valence-corrected chi connectivity index (χ0v) is 14.8. The first-order chi connectivity index (χ1) is 12.8. The Morgan fingerprint density at radius 1 is 1.15 bits per heavy atom. The molecule has 1 aromatic carbocycles. The second kappa shape index (κ2) is 9.94. The van der Waals surface area contributed by atoms with Crippen molar-refractivity contribution in [2.75, 3.05) is 13.2 Å². The van der Waals surface area contributed by atoms with Crippen LogP contribution in [0.4, 0.5) is 13.2 Å². The van der Waals surface area contributed by atoms with Gasteiger partial charge in [-0.1, -0.05) is 23.8 Å². The molecule has 4 nitrogen and oxygen atoms in total. The minimum Gasteiger partial charge on any atom is -0.452 e. The molecule has 1 aromatic rings. The highest BCUT2D eigenvalue weighted by Gasteiger charge is 2.29. The van der Waals surface area contributed by atoms with Crippen molar-refractivity contribution in [3.63, 3.8) is 0 Å². The molecule has 1 aliphatic rings. The highest BCUT2D eigenvalue weighted by Crippen LogP contribution is 2.29. The van der Waals surface area contributed by atoms with Crippen molar-refractivity contribution in [1.82, 2.24) is 5.32 Å². The molecule has 0 aromatic heterocycles. The van der Waals surface area contributed by atoms with Crippen molar-refractivity contribution in [2.24, 2.45) is 0 Å². The molecule has 0 aliphatic heterocycles. The van der Waals surface area contributed by atoms with E-state index in [4.69, 9.17) is 4.74 Å². The van der Waals surface area contributed by atoms with E-state index in [0.717, 1.165) is 37.5 Å². The third kappa shape index (κ3) is 7.68. The number of ether oxygens (including phenoxy) is 1. The Morgan fingerprint density at radius 3 is 2.52 bits per heavy atom. The maximum Gasteiger partial charge on any atom is 0.416 e. The molecule has 1 amide bonds. The maximum absolute atomic E-state index is 12.5. The summed E-state index contributed by atoms with van der Waals surface area (Å²) in [5.74, 6) is -1.12. The van der Waals surface area contributed by atoms with Gasteiger partial charge in [-0.05, 0) is 55.9 Å². The number of carbonyl (C=O) groups is 2. The van der Waals surface area contributed by atoms with Gasteiger partial charge in [-0.25, -0.2) is 4.79 Å². The molecule has 0 heterocycles. The highest BCUT2D eigenvalue weighted by molar-refractivity contribution is 5.89. The molecule has 0 unspecified atom stereocenters. The predicted octanol–water partition coefficient (Wildman–Crippen LogP) is 4.27. The van der Waals surface area contributed by atoms with Crippen molar-refractivity contribution in [3.05, 3.63) is 53.1 Å². The number of nitrogens with one attached hydrogen (secondary N) is 1. The minimum atomic E-state index is -4.40. The van der Waals surface area contributed by atoms with Crippen LogP contribution >= 0.6 is 0 Å². The SMILES string of the molecule is O=C(COC(=O)/C=C/c1ccc(C(F)(F)F)cc1)NCCC1=CCCCC1. The lowest BCUT2D eigenvalue weighted by molar-refractivity contribution is -0.143. The number of hydrogen-bond donors (Lipinski definition) is 1. The van der Waals surface area contributed by atoms with Crippen LogP contribution in [0, 0.1) is 0 Å². The maximum atomic E-state index is 12.5. The first-order valence-electron chi connectivity index (χ1n) is 8.81. The van der Waals surface area contributed by atoms with Crippen molar-refractivity contribution >= 4 is 18.0 Å². The Bertz CT molecular complexity index is 706. The molecule has 1 aliphatic carbocycles. The topological polar surface area (TPSA) is 55.4 Å². The van der Waals surface area contributed by atoms with Crippen molar-refractivity contribution in [2.45, 2.75) is 38.3 Å². The predicted molar refractivity (Wildman–Crippen MR) is 95.6 cm³/mol. The summed E-state index contributed by atoms with van der Waals surface area (Å²) in [6.07, 6.45) is 5.57. The van der Waals surface area contributed by atoms with E-state index >= 15 is 0 Å². The van der Waals surface area contributed by atoms with Gasteiger partial charge in [0.2, 0.25) is 0 Å². The van der Waals surface area contributed by atoms with Crippen LogP contribution in [-0.4, -0.2) is 25.0 Å². The Balaban J connectivity index is 1.68. The van der Waals surface area contributed by atoms with Crippen molar-refractivity contribution < 1.29 is 27.5 Å². The molecule has 0 bridgehead atoms. The van der Waals surface area contributed by atoms with Crippen molar-refractivity contribution in [1.29, 1.82) is 0 Å². The third-order valence-electron chi connectivity index (χ3n) is 4.15. The molecule has 0 atom stereocenters. The van der Waals surface area contributed by atoms with E-state index in [2.05, 4.69) is 11.4 Å². The third-order valence-corrected chi connectivity index (χ3v) is 4.15. The van der Waals surface area contributed by atoms with E-state index in [1.807, 2.05) is 0 Å². The molecule has 2 rings (SSSR count). The van der Waals surface area contributed by atoms with E-state index in [9.17, 15) is 22.8 Å². The summed E-state index contributed by atoms with van der Waals surface area (Å²) in [6.45, 7) is 0.110. The first kappa shape index (κ1) is 20.7. The Morgan fingerprint density at radius 2 is 1.89 bits per heavy atom. The lowest BCUT2D eigenvalue weighted by Crippen LogP contribution is -2.29. The summed E-state index contributed by atoms with van der Waals surface area (Å²) in [7, 11) is 0. The summed E-state index contributed by atoms with van der Waals surface area (Å²) in [6, 6.07) is 4.36. The molecule has 0 spiro atoms. The molecule has 146 valence electrons. The van der Waals surface area contributed by atoms with Gasteiger partial charge in [-0.15, -0.1) is 0 Å². The number of amides is 1. The summed E-state index contributed by atoms with van der Waals surface area (Å²) < 4.78 is 42.2. The monoisotopic (exact) mass is 381 g/mol. The van der Waals surface area contributed by atoms with E-state index in [1.165, 1.54) is 36.6 Å². The number of hydrogen-bond acceptors (Lipinski definition) is 3. The number of halogens is 3. The lowest BCUT2D eigenvalue weighted by Gasteiger charge is -2.12. The van der Waals surface area contributed by atoms with Gasteiger partial charge >= 0.3 is 12.1 Å². The average molecular weight is 381 g/mol. The minimum absolute atomic E-state index is 0.386. The lowest BCUT2D eigenvalue weighted by atomic mass is 9.97. The number of alkyl halides is 3. The molecule has 1 N–H and O–H groups in total. The Labute approximate surface area is 156 Å².